The molecule has 2 amide bonds. The molecule has 0 bridgehead atoms. The normalized spacial score (nSPS) is 17.1. The second kappa shape index (κ2) is 12.0. The Morgan fingerprint density at radius 1 is 1.05 bits per heavy atom. The molecule has 2 N–H and O–H groups in total. The average molecular weight is 530 g/mol. The van der Waals surface area contributed by atoms with Crippen molar-refractivity contribution in [3.8, 4) is 0 Å². The Morgan fingerprint density at radius 3 is 2.36 bits per heavy atom. The van der Waals surface area contributed by atoms with Gasteiger partial charge in [-0.2, -0.15) is 0 Å². The van der Waals surface area contributed by atoms with Crippen molar-refractivity contribution in [2.24, 2.45) is 12.0 Å². The van der Waals surface area contributed by atoms with E-state index in [1.165, 1.54) is 7.11 Å². The van der Waals surface area contributed by atoms with Crippen LogP contribution in [-0.2, 0) is 16.6 Å². The van der Waals surface area contributed by atoms with E-state index < -0.39 is 5.97 Å². The van der Waals surface area contributed by atoms with Crippen LogP contribution in [0.4, 0.5) is 11.4 Å². The third-order valence-electron chi connectivity index (χ3n) is 6.90. The summed E-state index contributed by atoms with van der Waals surface area (Å²) in [6.07, 6.45) is 11.2. The number of aryl methyl sites for hydroxylation is 1. The maximum absolute atomic E-state index is 12.9. The summed E-state index contributed by atoms with van der Waals surface area (Å²) < 4.78 is 6.35. The van der Waals surface area contributed by atoms with Crippen LogP contribution in [0, 0.1) is 0 Å². The number of benzene rings is 1. The van der Waals surface area contributed by atoms with Crippen LogP contribution in [0.15, 0.2) is 76.7 Å². The minimum atomic E-state index is -0.478. The molecule has 204 valence electrons. The first-order chi connectivity index (χ1) is 18.7. The highest BCUT2D eigenvalue weighted by atomic mass is 16.5. The molecule has 1 fully saturated rings. The van der Waals surface area contributed by atoms with Crippen LogP contribution in [0.2, 0.25) is 0 Å². The van der Waals surface area contributed by atoms with Gasteiger partial charge in [0.05, 0.1) is 12.8 Å². The van der Waals surface area contributed by atoms with Gasteiger partial charge in [-0.15, -0.1) is 0 Å². The lowest BCUT2D eigenvalue weighted by Crippen LogP contribution is -2.45. The smallest absolute Gasteiger partial charge is 0.354 e. The van der Waals surface area contributed by atoms with Gasteiger partial charge in [-0.25, -0.2) is 9.79 Å². The lowest BCUT2D eigenvalue weighted by Gasteiger charge is -2.33. The number of amidine groups is 1. The van der Waals surface area contributed by atoms with E-state index in [4.69, 9.17) is 9.73 Å². The van der Waals surface area contributed by atoms with Crippen molar-refractivity contribution in [2.45, 2.75) is 52.5 Å². The Morgan fingerprint density at radius 2 is 1.74 bits per heavy atom. The molecule has 2 heterocycles. The molecular weight excluding hydrogens is 494 g/mol. The number of rotatable bonds is 7. The zero-order valence-corrected chi connectivity index (χ0v) is 23.1. The summed E-state index contributed by atoms with van der Waals surface area (Å²) in [5.74, 6) is 0.455. The van der Waals surface area contributed by atoms with Gasteiger partial charge in [0.2, 0.25) is 0 Å². The summed E-state index contributed by atoms with van der Waals surface area (Å²) in [5, 5.41) is 6.11. The highest BCUT2D eigenvalue weighted by Crippen LogP contribution is 2.29. The predicted octanol–water partition coefficient (Wildman–Crippen LogP) is 5.41. The van der Waals surface area contributed by atoms with Crippen molar-refractivity contribution in [3.63, 3.8) is 0 Å². The second-order valence-corrected chi connectivity index (χ2v) is 9.88. The van der Waals surface area contributed by atoms with Crippen molar-refractivity contribution in [2.75, 3.05) is 17.7 Å². The number of nitrogens with one attached hydrogen (secondary N) is 2. The number of esters is 1. The Labute approximate surface area is 228 Å². The summed E-state index contributed by atoms with van der Waals surface area (Å²) in [6.45, 7) is 5.94. The molecule has 39 heavy (non-hydrogen) atoms. The van der Waals surface area contributed by atoms with E-state index in [1.807, 2.05) is 37.8 Å². The quantitative estimate of drug-likeness (QED) is 0.467. The first-order valence-corrected chi connectivity index (χ1v) is 13.1. The van der Waals surface area contributed by atoms with Gasteiger partial charge in [0, 0.05) is 42.2 Å². The van der Waals surface area contributed by atoms with E-state index in [1.54, 1.807) is 54.2 Å². The highest BCUT2D eigenvalue weighted by molar-refractivity contribution is 6.16. The molecule has 2 aliphatic rings. The summed E-state index contributed by atoms with van der Waals surface area (Å²) >= 11 is 0. The van der Waals surface area contributed by atoms with Gasteiger partial charge in [0.1, 0.15) is 17.4 Å². The van der Waals surface area contributed by atoms with Crippen molar-refractivity contribution in [1.29, 1.82) is 0 Å². The molecule has 9 nitrogen and oxygen atoms in total. The molecule has 0 radical (unpaired) electrons. The van der Waals surface area contributed by atoms with Crippen molar-refractivity contribution in [3.05, 3.63) is 83.0 Å². The SMILES string of the molecule is C/C=C(\N=C1/C(=C(C)C)C=CC(=O)N1C1CCCC1)Nc1ccc(C(=O)Nc2cc(C(=O)OC)n(C)c2)cc1. The Hall–Kier alpha value is -4.40. The number of hydrogen-bond donors (Lipinski definition) is 2. The molecule has 0 saturated heterocycles. The monoisotopic (exact) mass is 529 g/mol. The lowest BCUT2D eigenvalue weighted by molar-refractivity contribution is -0.124. The Bertz CT molecular complexity index is 1380. The molecule has 1 saturated carbocycles. The zero-order chi connectivity index (χ0) is 28.1. The van der Waals surface area contributed by atoms with Crippen LogP contribution in [0.5, 0.6) is 0 Å². The second-order valence-electron chi connectivity index (χ2n) is 9.88. The van der Waals surface area contributed by atoms with Crippen LogP contribution in [0.1, 0.15) is 67.3 Å². The fraction of sp³-hybridized carbons (Fsp3) is 0.333. The first kappa shape index (κ1) is 27.6. The molecule has 0 atom stereocenters. The number of carbonyl (C=O) groups excluding carboxylic acids is 3. The lowest BCUT2D eigenvalue weighted by atomic mass is 10.0. The molecule has 1 aliphatic carbocycles. The summed E-state index contributed by atoms with van der Waals surface area (Å²) in [5.41, 5.74) is 4.08. The molecule has 1 aliphatic heterocycles. The molecule has 1 aromatic heterocycles. The van der Waals surface area contributed by atoms with E-state index >= 15 is 0 Å². The highest BCUT2D eigenvalue weighted by Gasteiger charge is 2.33. The number of aromatic nitrogens is 1. The van der Waals surface area contributed by atoms with Gasteiger partial charge < -0.3 is 19.9 Å². The molecule has 0 spiro atoms. The minimum Gasteiger partial charge on any atom is -0.464 e. The van der Waals surface area contributed by atoms with Crippen LogP contribution in [-0.4, -0.2) is 46.2 Å². The number of ether oxygens (including phenoxy) is 1. The number of carbonyl (C=O) groups is 3. The predicted molar refractivity (Wildman–Crippen MR) is 153 cm³/mol. The van der Waals surface area contributed by atoms with Gasteiger partial charge in [-0.3, -0.25) is 14.5 Å². The van der Waals surface area contributed by atoms with Crippen LogP contribution >= 0.6 is 0 Å². The average Bonchev–Trinajstić information content (AvgIpc) is 3.58. The number of aliphatic imine (C=N–C) groups is 1. The van der Waals surface area contributed by atoms with Crippen molar-refractivity contribution in [1.82, 2.24) is 9.47 Å². The maximum atomic E-state index is 12.9. The number of amides is 2. The van der Waals surface area contributed by atoms with Gasteiger partial charge in [0.15, 0.2) is 0 Å². The fourth-order valence-corrected chi connectivity index (χ4v) is 4.84. The summed E-state index contributed by atoms with van der Waals surface area (Å²) in [7, 11) is 3.02. The van der Waals surface area contributed by atoms with E-state index in [-0.39, 0.29) is 17.9 Å². The topological polar surface area (TPSA) is 105 Å². The zero-order valence-electron chi connectivity index (χ0n) is 23.1. The van der Waals surface area contributed by atoms with Crippen molar-refractivity contribution >= 4 is 35.0 Å². The third kappa shape index (κ3) is 6.19. The van der Waals surface area contributed by atoms with E-state index in [9.17, 15) is 14.4 Å². The van der Waals surface area contributed by atoms with Gasteiger partial charge in [-0.05, 0) is 76.1 Å². The van der Waals surface area contributed by atoms with Gasteiger partial charge >= 0.3 is 5.97 Å². The number of anilines is 2. The van der Waals surface area contributed by atoms with Crippen LogP contribution in [0.3, 0.4) is 0 Å². The molecular formula is C30H35N5O4. The first-order valence-electron chi connectivity index (χ1n) is 13.1. The number of hydrogen-bond acceptors (Lipinski definition) is 6. The van der Waals surface area contributed by atoms with Crippen LogP contribution < -0.4 is 10.6 Å². The summed E-state index contributed by atoms with van der Waals surface area (Å²) in [4.78, 5) is 44.3. The van der Waals surface area contributed by atoms with Crippen molar-refractivity contribution < 1.29 is 19.1 Å². The molecule has 9 heteroatoms. The fourth-order valence-electron chi connectivity index (χ4n) is 4.84. The minimum absolute atomic E-state index is 0.0337. The van der Waals surface area contributed by atoms with Gasteiger partial charge in [-0.1, -0.05) is 18.4 Å². The Balaban J connectivity index is 1.51. The Kier molecular flexibility index (Phi) is 8.49. The van der Waals surface area contributed by atoms with E-state index in [2.05, 4.69) is 10.6 Å². The molecule has 2 aromatic rings. The largest absolute Gasteiger partial charge is 0.464 e. The molecule has 1 aromatic carbocycles. The third-order valence-corrected chi connectivity index (χ3v) is 6.90. The molecule has 4 rings (SSSR count). The van der Waals surface area contributed by atoms with Crippen LogP contribution in [0.25, 0.3) is 0 Å². The molecule has 0 unspecified atom stereocenters. The number of allylic oxidation sites excluding steroid dienone is 2. The standard InChI is InChI=1S/C30H35N5O4/c1-6-26(33-28-24(19(2)3)15-16-27(36)35(28)23-9-7-8-10-23)31-21-13-11-20(12-14-21)29(37)32-22-17-25(30(38)39-5)34(4)18-22/h6,11-18,23,31H,7-10H2,1-5H3,(H,32,37)/b26-6-,33-28+. The number of nitrogens with zero attached hydrogens (tertiary/aromatic N) is 3. The number of methoxy groups -OCH3 is 1. The van der Waals surface area contributed by atoms with E-state index in [0.29, 0.717) is 28.6 Å². The van der Waals surface area contributed by atoms with E-state index in [0.717, 1.165) is 42.5 Å². The summed E-state index contributed by atoms with van der Waals surface area (Å²) in [6, 6.07) is 8.73. The van der Waals surface area contributed by atoms with Gasteiger partial charge in [0.25, 0.3) is 11.8 Å². The maximum Gasteiger partial charge on any atom is 0.354 e.